The molecule has 1 N–H and O–H groups in total. The lowest BCUT2D eigenvalue weighted by Crippen LogP contribution is -2.09. The number of carboxylic acid groups (broad SMARTS) is 1. The van der Waals surface area contributed by atoms with Crippen molar-refractivity contribution < 1.29 is 14.3 Å². The van der Waals surface area contributed by atoms with Crippen LogP contribution in [0.15, 0.2) is 30.3 Å². The van der Waals surface area contributed by atoms with Gasteiger partial charge in [0.05, 0.1) is 6.04 Å². The van der Waals surface area contributed by atoms with Crippen molar-refractivity contribution in [2.24, 2.45) is 0 Å². The van der Waals surface area contributed by atoms with Crippen LogP contribution in [0.2, 0.25) is 0 Å². The van der Waals surface area contributed by atoms with Crippen LogP contribution < -0.4 is 0 Å². The molecule has 18 heavy (non-hydrogen) atoms. The SMILES string of the molecule is O=C(O)c1nc2n(n1)C(c1ccccc1)C[C@H]2F. The molecule has 92 valence electrons. The topological polar surface area (TPSA) is 68.0 Å². The molecule has 1 unspecified atom stereocenters. The molecule has 5 nitrogen and oxygen atoms in total. The molecular formula is C12H10FN3O2. The number of carboxylic acids is 1. The summed E-state index contributed by atoms with van der Waals surface area (Å²) < 4.78 is 15.2. The molecule has 1 aromatic heterocycles. The first kappa shape index (κ1) is 10.9. The Labute approximate surface area is 102 Å². The minimum Gasteiger partial charge on any atom is -0.475 e. The maximum Gasteiger partial charge on any atom is 0.375 e. The molecule has 0 aliphatic carbocycles. The van der Waals surface area contributed by atoms with Crippen LogP contribution in [-0.4, -0.2) is 25.8 Å². The predicted octanol–water partition coefficient (Wildman–Crippen LogP) is 1.98. The van der Waals surface area contributed by atoms with Crippen molar-refractivity contribution in [1.29, 1.82) is 0 Å². The highest BCUT2D eigenvalue weighted by molar-refractivity contribution is 5.82. The van der Waals surface area contributed by atoms with Gasteiger partial charge in [0, 0.05) is 6.42 Å². The first-order valence-corrected chi connectivity index (χ1v) is 5.55. The summed E-state index contributed by atoms with van der Waals surface area (Å²) in [7, 11) is 0. The summed E-state index contributed by atoms with van der Waals surface area (Å²) >= 11 is 0. The van der Waals surface area contributed by atoms with Crippen molar-refractivity contribution in [3.63, 3.8) is 0 Å². The molecule has 0 amide bonds. The molecule has 0 fully saturated rings. The van der Waals surface area contributed by atoms with Crippen LogP contribution in [0, 0.1) is 0 Å². The minimum atomic E-state index is -1.27. The Morgan fingerprint density at radius 1 is 1.39 bits per heavy atom. The lowest BCUT2D eigenvalue weighted by atomic mass is 10.0. The van der Waals surface area contributed by atoms with Crippen LogP contribution in [0.1, 0.15) is 40.6 Å². The molecule has 0 radical (unpaired) electrons. The number of carbonyl (C=O) groups is 1. The number of aromatic nitrogens is 3. The van der Waals surface area contributed by atoms with E-state index in [1.807, 2.05) is 30.3 Å². The molecule has 1 aliphatic rings. The van der Waals surface area contributed by atoms with Crippen molar-refractivity contribution in [2.45, 2.75) is 18.6 Å². The molecule has 0 bridgehead atoms. The van der Waals surface area contributed by atoms with E-state index in [0.717, 1.165) is 5.56 Å². The van der Waals surface area contributed by atoms with Crippen LogP contribution >= 0.6 is 0 Å². The molecule has 0 saturated carbocycles. The number of hydrogen-bond donors (Lipinski definition) is 1. The zero-order valence-corrected chi connectivity index (χ0v) is 9.32. The van der Waals surface area contributed by atoms with Gasteiger partial charge < -0.3 is 5.11 Å². The fourth-order valence-electron chi connectivity index (χ4n) is 2.22. The summed E-state index contributed by atoms with van der Waals surface area (Å²) in [6.07, 6.45) is -1.02. The third-order valence-electron chi connectivity index (χ3n) is 3.04. The maximum atomic E-state index is 13.8. The molecule has 2 atom stereocenters. The van der Waals surface area contributed by atoms with Gasteiger partial charge in [0.15, 0.2) is 12.0 Å². The molecule has 1 aromatic carbocycles. The molecule has 2 aromatic rings. The summed E-state index contributed by atoms with van der Waals surface area (Å²) in [6, 6.07) is 9.04. The third kappa shape index (κ3) is 1.57. The van der Waals surface area contributed by atoms with Gasteiger partial charge in [0.2, 0.25) is 0 Å². The quantitative estimate of drug-likeness (QED) is 0.881. The van der Waals surface area contributed by atoms with Gasteiger partial charge in [-0.15, -0.1) is 5.10 Å². The van der Waals surface area contributed by atoms with E-state index >= 15 is 0 Å². The number of alkyl halides is 1. The number of halogens is 1. The second-order valence-electron chi connectivity index (χ2n) is 4.17. The zero-order chi connectivity index (χ0) is 12.7. The first-order chi connectivity index (χ1) is 8.66. The Kier molecular flexibility index (Phi) is 2.36. The smallest absolute Gasteiger partial charge is 0.375 e. The number of rotatable bonds is 2. The largest absolute Gasteiger partial charge is 0.475 e. The highest BCUT2D eigenvalue weighted by Gasteiger charge is 2.36. The van der Waals surface area contributed by atoms with Crippen molar-refractivity contribution in [3.05, 3.63) is 47.5 Å². The van der Waals surface area contributed by atoms with Crippen LogP contribution in [0.3, 0.4) is 0 Å². The maximum absolute atomic E-state index is 13.8. The van der Waals surface area contributed by atoms with E-state index in [-0.39, 0.29) is 24.1 Å². The average molecular weight is 247 g/mol. The standard InChI is InChI=1S/C12H10FN3O2/c13-8-6-9(7-4-2-1-3-5-7)16-11(8)14-10(15-16)12(17)18/h1-5,8-9H,6H2,(H,17,18)/t8-,9?/m1/s1. The van der Waals surface area contributed by atoms with Gasteiger partial charge in [-0.25, -0.2) is 18.9 Å². The van der Waals surface area contributed by atoms with Gasteiger partial charge in [-0.3, -0.25) is 0 Å². The Morgan fingerprint density at radius 2 is 2.11 bits per heavy atom. The first-order valence-electron chi connectivity index (χ1n) is 5.55. The normalized spacial score (nSPS) is 21.8. The third-order valence-corrected chi connectivity index (χ3v) is 3.04. The van der Waals surface area contributed by atoms with Gasteiger partial charge in [-0.05, 0) is 5.56 Å². The van der Waals surface area contributed by atoms with Gasteiger partial charge in [0.25, 0.3) is 5.82 Å². The molecule has 2 heterocycles. The fraction of sp³-hybridized carbons (Fsp3) is 0.250. The number of fused-ring (bicyclic) bond motifs is 1. The number of nitrogens with zero attached hydrogens (tertiary/aromatic N) is 3. The average Bonchev–Trinajstić information content (AvgIpc) is 2.92. The van der Waals surface area contributed by atoms with Crippen LogP contribution in [-0.2, 0) is 0 Å². The summed E-state index contributed by atoms with van der Waals surface area (Å²) in [5.41, 5.74) is 0.903. The van der Waals surface area contributed by atoms with E-state index in [4.69, 9.17) is 5.11 Å². The summed E-state index contributed by atoms with van der Waals surface area (Å²) in [5, 5.41) is 12.7. The van der Waals surface area contributed by atoms with Crippen molar-refractivity contribution in [2.75, 3.05) is 0 Å². The van der Waals surface area contributed by atoms with E-state index in [1.165, 1.54) is 4.68 Å². The predicted molar refractivity (Wildman–Crippen MR) is 60.0 cm³/mol. The van der Waals surface area contributed by atoms with E-state index in [9.17, 15) is 9.18 Å². The van der Waals surface area contributed by atoms with Crippen molar-refractivity contribution in [3.8, 4) is 0 Å². The molecule has 0 saturated heterocycles. The van der Waals surface area contributed by atoms with E-state index in [1.54, 1.807) is 0 Å². The second-order valence-corrected chi connectivity index (χ2v) is 4.17. The fourth-order valence-corrected chi connectivity index (χ4v) is 2.22. The van der Waals surface area contributed by atoms with Gasteiger partial charge >= 0.3 is 5.97 Å². The Hall–Kier alpha value is -2.24. The van der Waals surface area contributed by atoms with E-state index in [2.05, 4.69) is 10.1 Å². The molecule has 6 heteroatoms. The summed E-state index contributed by atoms with van der Waals surface area (Å²) in [4.78, 5) is 14.5. The molecule has 0 spiro atoms. The lowest BCUT2D eigenvalue weighted by Gasteiger charge is -2.10. The van der Waals surface area contributed by atoms with E-state index in [0.29, 0.717) is 0 Å². The highest BCUT2D eigenvalue weighted by Crippen LogP contribution is 2.39. The lowest BCUT2D eigenvalue weighted by molar-refractivity contribution is 0.0682. The van der Waals surface area contributed by atoms with E-state index < -0.39 is 12.1 Å². The van der Waals surface area contributed by atoms with Crippen LogP contribution in [0.25, 0.3) is 0 Å². The summed E-state index contributed by atoms with van der Waals surface area (Å²) in [5.74, 6) is -1.49. The molecule has 3 rings (SSSR count). The number of hydrogen-bond acceptors (Lipinski definition) is 3. The molecule has 1 aliphatic heterocycles. The number of benzene rings is 1. The minimum absolute atomic E-state index is 0.0984. The Morgan fingerprint density at radius 3 is 2.78 bits per heavy atom. The molecular weight excluding hydrogens is 237 g/mol. The van der Waals surface area contributed by atoms with Gasteiger partial charge in [-0.2, -0.15) is 0 Å². The van der Waals surface area contributed by atoms with Gasteiger partial charge in [0.1, 0.15) is 0 Å². The Bertz CT molecular complexity index is 597. The Balaban J connectivity index is 2.05. The second kappa shape index (κ2) is 3.90. The van der Waals surface area contributed by atoms with Crippen molar-refractivity contribution in [1.82, 2.24) is 14.8 Å². The summed E-state index contributed by atoms with van der Waals surface area (Å²) in [6.45, 7) is 0. The van der Waals surface area contributed by atoms with Crippen molar-refractivity contribution >= 4 is 5.97 Å². The zero-order valence-electron chi connectivity index (χ0n) is 9.32. The highest BCUT2D eigenvalue weighted by atomic mass is 19.1. The van der Waals surface area contributed by atoms with Crippen LogP contribution in [0.4, 0.5) is 4.39 Å². The van der Waals surface area contributed by atoms with Crippen LogP contribution in [0.5, 0.6) is 0 Å². The monoisotopic (exact) mass is 247 g/mol. The number of aromatic carboxylic acids is 1. The van der Waals surface area contributed by atoms with Gasteiger partial charge in [-0.1, -0.05) is 30.3 Å².